The second kappa shape index (κ2) is 23.2. The van der Waals surface area contributed by atoms with Gasteiger partial charge in [-0.05, 0) is 199 Å². The van der Waals surface area contributed by atoms with Gasteiger partial charge in [0.25, 0.3) is 0 Å². The van der Waals surface area contributed by atoms with Crippen molar-refractivity contribution < 1.29 is 28.5 Å². The number of nitrogens with zero attached hydrogens (tertiary/aromatic N) is 2. The molecular formula is C84H102F2N2O4. The molecular weight excluding hydrogens is 1140 g/mol. The first-order valence-corrected chi connectivity index (χ1v) is 33.2. The molecule has 0 radical (unpaired) electrons. The van der Waals surface area contributed by atoms with Crippen molar-refractivity contribution in [3.63, 3.8) is 0 Å². The van der Waals surface area contributed by atoms with E-state index in [9.17, 15) is 10.2 Å². The van der Waals surface area contributed by atoms with Gasteiger partial charge in [0, 0.05) is 49.7 Å². The van der Waals surface area contributed by atoms with Crippen LogP contribution in [-0.2, 0) is 32.5 Å². The molecule has 2 aromatic heterocycles. The fourth-order valence-electron chi connectivity index (χ4n) is 14.2. The van der Waals surface area contributed by atoms with Crippen LogP contribution in [0.15, 0.2) is 133 Å². The van der Waals surface area contributed by atoms with Crippen molar-refractivity contribution in [1.29, 1.82) is 0 Å². The van der Waals surface area contributed by atoms with E-state index in [2.05, 4.69) is 246 Å². The monoisotopic (exact) mass is 1240 g/mol. The van der Waals surface area contributed by atoms with E-state index in [0.717, 1.165) is 67.6 Å². The van der Waals surface area contributed by atoms with Gasteiger partial charge in [-0.2, -0.15) is 0 Å². The van der Waals surface area contributed by atoms with E-state index in [1.54, 1.807) is 12.1 Å². The lowest BCUT2D eigenvalue weighted by molar-refractivity contribution is -0.0290. The van der Waals surface area contributed by atoms with Crippen molar-refractivity contribution in [3.8, 4) is 56.6 Å². The third-order valence-electron chi connectivity index (χ3n) is 18.7. The molecule has 2 N–H and O–H groups in total. The lowest BCUT2D eigenvalue weighted by Crippen LogP contribution is -2.30. The van der Waals surface area contributed by atoms with Gasteiger partial charge >= 0.3 is 0 Å². The average Bonchev–Trinajstić information content (AvgIpc) is 1.54. The van der Waals surface area contributed by atoms with Gasteiger partial charge in [0.2, 0.25) is 6.29 Å². The average molecular weight is 1240 g/mol. The van der Waals surface area contributed by atoms with E-state index < -0.39 is 28.8 Å². The molecule has 8 aromatic carbocycles. The van der Waals surface area contributed by atoms with Gasteiger partial charge in [0.05, 0.1) is 33.4 Å². The fraction of sp³-hybridized carbons (Fsp3) is 0.429. The van der Waals surface area contributed by atoms with Crippen molar-refractivity contribution >= 4 is 43.6 Å². The van der Waals surface area contributed by atoms with Crippen LogP contribution in [0, 0.1) is 28.4 Å². The predicted molar refractivity (Wildman–Crippen MR) is 385 cm³/mol. The number of aromatic hydroxyl groups is 2. The number of phenols is 2. The van der Waals surface area contributed by atoms with Gasteiger partial charge in [0.1, 0.15) is 34.6 Å². The van der Waals surface area contributed by atoms with Crippen LogP contribution in [0.4, 0.5) is 8.78 Å². The number of ether oxygens (including phenoxy) is 2. The summed E-state index contributed by atoms with van der Waals surface area (Å²) < 4.78 is 51.2. The summed E-state index contributed by atoms with van der Waals surface area (Å²) in [6.45, 7) is 53.0. The molecule has 0 unspecified atom stereocenters. The Morgan fingerprint density at radius 3 is 0.880 bits per heavy atom. The highest BCUT2D eigenvalue weighted by atomic mass is 19.1. The molecule has 0 bridgehead atoms. The van der Waals surface area contributed by atoms with E-state index in [1.165, 1.54) is 46.5 Å². The minimum Gasteiger partial charge on any atom is -0.505 e. The number of rotatable bonds is 13. The zero-order valence-corrected chi connectivity index (χ0v) is 59.6. The quantitative estimate of drug-likeness (QED) is 0.113. The van der Waals surface area contributed by atoms with Crippen LogP contribution in [-0.4, -0.2) is 25.6 Å². The number of hydrogen-bond acceptors (Lipinski definition) is 4. The molecule has 10 rings (SSSR count). The highest BCUT2D eigenvalue weighted by Gasteiger charge is 2.35. The molecule has 0 spiro atoms. The zero-order valence-electron chi connectivity index (χ0n) is 59.6. The Morgan fingerprint density at radius 1 is 0.348 bits per heavy atom. The lowest BCUT2D eigenvalue weighted by Gasteiger charge is -2.34. The fourth-order valence-corrected chi connectivity index (χ4v) is 14.2. The van der Waals surface area contributed by atoms with E-state index in [0.29, 0.717) is 33.6 Å². The molecule has 2 heterocycles. The van der Waals surface area contributed by atoms with Crippen LogP contribution < -0.4 is 9.47 Å². The number of fused-ring (bicyclic) bond motifs is 6. The second-order valence-corrected chi connectivity index (χ2v) is 34.8. The maximum atomic E-state index is 16.3. The summed E-state index contributed by atoms with van der Waals surface area (Å²) >= 11 is 0. The summed E-state index contributed by atoms with van der Waals surface area (Å²) in [4.78, 5) is 0. The first kappa shape index (κ1) is 67.3. The molecule has 8 heteroatoms. The number of benzene rings is 8. The molecule has 92 heavy (non-hydrogen) atoms. The summed E-state index contributed by atoms with van der Waals surface area (Å²) in [7, 11) is 0. The first-order chi connectivity index (χ1) is 42.3. The molecule has 10 aromatic rings. The predicted octanol–water partition coefficient (Wildman–Crippen LogP) is 24.0. The Morgan fingerprint density at radius 2 is 0.630 bits per heavy atom. The topological polar surface area (TPSA) is 68.8 Å². The van der Waals surface area contributed by atoms with E-state index >= 15 is 8.78 Å². The van der Waals surface area contributed by atoms with Crippen LogP contribution in [0.1, 0.15) is 212 Å². The molecule has 0 aliphatic rings. The summed E-state index contributed by atoms with van der Waals surface area (Å²) in [5, 5.41) is 30.9. The lowest BCUT2D eigenvalue weighted by atomic mass is 9.71. The van der Waals surface area contributed by atoms with Gasteiger partial charge in [-0.3, -0.25) is 0 Å². The zero-order chi connectivity index (χ0) is 67.7. The van der Waals surface area contributed by atoms with E-state index in [1.807, 2.05) is 26.0 Å². The molecule has 0 fully saturated rings. The largest absolute Gasteiger partial charge is 0.505 e. The van der Waals surface area contributed by atoms with Crippen LogP contribution in [0.25, 0.3) is 77.2 Å². The SMILES string of the molecule is CC(C)C(Oc1ccc(F)cc1-c1cc(C(C)(C)CC(C)(C)C)cc(-n2c3ccc(C(C)(C)C)cc3c3cc(C(C)(C)C)ccc32)c1O)Oc1ccc(F)cc1-c1cc(C(C)(C)CC(C)(C)C)cc(-n2c3ccc(C(C)(C)C)cc3c3cc(C(C)(C)C)ccc32)c1O. The normalized spacial score (nSPS) is 13.5. The smallest absolute Gasteiger partial charge is 0.243 e. The summed E-state index contributed by atoms with van der Waals surface area (Å²) in [5.41, 5.74) is 11.6. The minimum atomic E-state index is -1.05. The van der Waals surface area contributed by atoms with Gasteiger partial charge in [-0.25, -0.2) is 8.78 Å². The van der Waals surface area contributed by atoms with E-state index in [-0.39, 0.29) is 61.4 Å². The van der Waals surface area contributed by atoms with Crippen LogP contribution in [0.5, 0.6) is 23.0 Å². The van der Waals surface area contributed by atoms with Gasteiger partial charge < -0.3 is 28.8 Å². The maximum Gasteiger partial charge on any atom is 0.243 e. The molecule has 6 nitrogen and oxygen atoms in total. The van der Waals surface area contributed by atoms with Crippen LogP contribution >= 0.6 is 0 Å². The number of phenolic OH excluding ortho intramolecular Hbond substituents is 2. The van der Waals surface area contributed by atoms with E-state index in [4.69, 9.17) is 9.47 Å². The molecule has 0 aliphatic heterocycles. The van der Waals surface area contributed by atoms with Gasteiger partial charge in [-0.15, -0.1) is 0 Å². The van der Waals surface area contributed by atoms with Gasteiger partial charge in [-0.1, -0.05) is 190 Å². The van der Waals surface area contributed by atoms with Crippen molar-refractivity contribution in [2.24, 2.45) is 16.7 Å². The Kier molecular flexibility index (Phi) is 16.9. The van der Waals surface area contributed by atoms with Gasteiger partial charge in [0.15, 0.2) is 0 Å². The van der Waals surface area contributed by atoms with Crippen molar-refractivity contribution in [3.05, 3.63) is 178 Å². The van der Waals surface area contributed by atoms with Crippen LogP contribution in [0.3, 0.4) is 0 Å². The Bertz CT molecular complexity index is 4060. The summed E-state index contributed by atoms with van der Waals surface area (Å²) in [6.07, 6.45) is 0.560. The number of hydrogen-bond donors (Lipinski definition) is 2. The summed E-state index contributed by atoms with van der Waals surface area (Å²) in [6, 6.07) is 43.6. The molecule has 0 saturated heterocycles. The van der Waals surface area contributed by atoms with Crippen molar-refractivity contribution in [2.45, 2.75) is 218 Å². The van der Waals surface area contributed by atoms with Crippen molar-refractivity contribution in [2.75, 3.05) is 0 Å². The maximum absolute atomic E-state index is 16.3. The first-order valence-electron chi connectivity index (χ1n) is 33.2. The minimum absolute atomic E-state index is 0.0368. The Labute approximate surface area is 548 Å². The number of halogens is 2. The van der Waals surface area contributed by atoms with Crippen LogP contribution in [0.2, 0.25) is 0 Å². The number of aromatic nitrogens is 2. The molecule has 0 amide bonds. The van der Waals surface area contributed by atoms with Crippen molar-refractivity contribution in [1.82, 2.24) is 9.13 Å². The Hall–Kier alpha value is -7.58. The third-order valence-corrected chi connectivity index (χ3v) is 18.7. The summed E-state index contributed by atoms with van der Waals surface area (Å²) in [5.74, 6) is -0.876. The molecule has 0 atom stereocenters. The highest BCUT2D eigenvalue weighted by Crippen LogP contribution is 2.51. The Balaban J connectivity index is 1.16. The molecule has 486 valence electrons. The molecule has 0 aliphatic carbocycles. The highest BCUT2D eigenvalue weighted by molar-refractivity contribution is 6.11. The molecule has 0 saturated carbocycles. The third kappa shape index (κ3) is 13.3. The second-order valence-electron chi connectivity index (χ2n) is 34.8. The standard InChI is InChI=1S/C84H102F2N2O4/c1-49(2)76(91-72-35-29-56(85)45-62(72)64-41-54(83(21,22)47-77(3,4)5)43-70(74(64)89)87-66-31-25-50(79(9,10)11)37-58(66)59-38-51(80(12,13)14)26-32-67(59)87)92-73-36-30-57(86)46-63(73)65-42-55(84(23,24)48-78(6,7)8)44-71(75(65)90)88-68-33-27-52(81(15,16)17)39-60(68)61-40-53(82(18,19)20)28-34-69(61)88/h25-46,49,76,89-90H,47-48H2,1-24H3.